The fraction of sp³-hybridized carbons (Fsp3) is 0.643. The summed E-state index contributed by atoms with van der Waals surface area (Å²) in [7, 11) is 1.50. The summed E-state index contributed by atoms with van der Waals surface area (Å²) in [6, 6.07) is 0. The maximum absolute atomic E-state index is 12.3. The second-order valence-electron chi connectivity index (χ2n) is 7.14. The van der Waals surface area contributed by atoms with Crippen molar-refractivity contribution < 1.29 is 19.2 Å². The van der Waals surface area contributed by atoms with Crippen LogP contribution in [0, 0.1) is 10.1 Å². The molecule has 10 heteroatoms. The van der Waals surface area contributed by atoms with E-state index in [1.54, 1.807) is 27.7 Å². The molecule has 0 radical (unpaired) electrons. The lowest BCUT2D eigenvalue weighted by Crippen LogP contribution is -2.70. The average molecular weight is 339 g/mol. The second-order valence-corrected chi connectivity index (χ2v) is 7.14. The van der Waals surface area contributed by atoms with Gasteiger partial charge in [0.2, 0.25) is 0 Å². The summed E-state index contributed by atoms with van der Waals surface area (Å²) in [6.45, 7) is 7.70. The first kappa shape index (κ1) is 17.7. The van der Waals surface area contributed by atoms with Crippen molar-refractivity contribution in [3.8, 4) is 0 Å². The smallest absolute Gasteiger partial charge is 0.410 e. The van der Waals surface area contributed by atoms with E-state index in [1.807, 2.05) is 0 Å². The molecule has 0 unspecified atom stereocenters. The van der Waals surface area contributed by atoms with Crippen LogP contribution in [0.2, 0.25) is 0 Å². The van der Waals surface area contributed by atoms with Crippen LogP contribution < -0.4 is 5.32 Å². The molecule has 24 heavy (non-hydrogen) atoms. The lowest BCUT2D eigenvalue weighted by molar-refractivity contribution is -0.389. The predicted molar refractivity (Wildman–Crippen MR) is 83.5 cm³/mol. The first-order valence-corrected chi connectivity index (χ1v) is 7.38. The Morgan fingerprint density at radius 2 is 2.00 bits per heavy atom. The van der Waals surface area contributed by atoms with Crippen molar-refractivity contribution in [2.24, 2.45) is 7.05 Å². The van der Waals surface area contributed by atoms with Crippen molar-refractivity contribution in [3.05, 3.63) is 22.1 Å². The van der Waals surface area contributed by atoms with E-state index in [0.29, 0.717) is 13.1 Å². The summed E-state index contributed by atoms with van der Waals surface area (Å²) < 4.78 is 6.55. The molecule has 1 fully saturated rings. The number of rotatable bonds is 3. The molecule has 10 nitrogen and oxygen atoms in total. The van der Waals surface area contributed by atoms with Crippen LogP contribution in [0.4, 0.5) is 10.6 Å². The van der Waals surface area contributed by atoms with Gasteiger partial charge in [0.05, 0.1) is 5.54 Å². The van der Waals surface area contributed by atoms with Crippen molar-refractivity contribution in [1.29, 1.82) is 0 Å². The summed E-state index contributed by atoms with van der Waals surface area (Å²) in [4.78, 5) is 39.4. The zero-order chi connectivity index (χ0) is 18.3. The molecular weight excluding hydrogens is 318 g/mol. The van der Waals surface area contributed by atoms with Gasteiger partial charge in [-0.15, -0.1) is 0 Å². The van der Waals surface area contributed by atoms with Gasteiger partial charge in [-0.25, -0.2) is 4.79 Å². The van der Waals surface area contributed by atoms with Gasteiger partial charge in [-0.2, -0.15) is 0 Å². The fourth-order valence-electron chi connectivity index (χ4n) is 2.41. The maximum atomic E-state index is 12.3. The highest BCUT2D eigenvalue weighted by Crippen LogP contribution is 2.23. The zero-order valence-corrected chi connectivity index (χ0v) is 14.3. The number of nitrogens with zero attached hydrogens (tertiary/aromatic N) is 4. The molecule has 1 aliphatic heterocycles. The number of carbonyl (C=O) groups is 2. The van der Waals surface area contributed by atoms with Gasteiger partial charge < -0.3 is 29.6 Å². The lowest BCUT2D eigenvalue weighted by atomic mass is 9.92. The molecule has 2 rings (SSSR count). The molecule has 0 atom stereocenters. The van der Waals surface area contributed by atoms with Gasteiger partial charge in [0, 0.05) is 20.1 Å². The van der Waals surface area contributed by atoms with Crippen molar-refractivity contribution in [3.63, 3.8) is 0 Å². The molecule has 0 bridgehead atoms. The Hall–Kier alpha value is -2.65. The third-order valence-corrected chi connectivity index (χ3v) is 3.40. The molecule has 1 N–H and O–H groups in total. The number of nitrogens with one attached hydrogen (secondary N) is 1. The van der Waals surface area contributed by atoms with Gasteiger partial charge in [0.25, 0.3) is 0 Å². The number of hydrogen-bond acceptors (Lipinski definition) is 6. The van der Waals surface area contributed by atoms with Crippen LogP contribution in [0.15, 0.2) is 6.20 Å². The quantitative estimate of drug-likeness (QED) is 0.649. The largest absolute Gasteiger partial charge is 0.444 e. The van der Waals surface area contributed by atoms with E-state index in [4.69, 9.17) is 4.74 Å². The molecule has 2 heterocycles. The summed E-state index contributed by atoms with van der Waals surface area (Å²) in [6.07, 6.45) is 0.729. The number of carbonyl (C=O) groups excluding carboxylic acids is 2. The highest BCUT2D eigenvalue weighted by Gasteiger charge is 2.45. The van der Waals surface area contributed by atoms with Crippen LogP contribution in [0.3, 0.4) is 0 Å². The van der Waals surface area contributed by atoms with E-state index >= 15 is 0 Å². The first-order chi connectivity index (χ1) is 10.9. The fourth-order valence-corrected chi connectivity index (χ4v) is 2.41. The number of likely N-dealkylation sites (tertiary alicyclic amines) is 1. The zero-order valence-electron chi connectivity index (χ0n) is 14.3. The Morgan fingerprint density at radius 3 is 2.46 bits per heavy atom. The minimum Gasteiger partial charge on any atom is -0.444 e. The molecule has 132 valence electrons. The van der Waals surface area contributed by atoms with Gasteiger partial charge in [-0.3, -0.25) is 4.79 Å². The van der Waals surface area contributed by atoms with Gasteiger partial charge in [0.15, 0.2) is 0 Å². The number of imidazole rings is 1. The molecular formula is C14H21N5O5. The number of aromatic nitrogens is 2. The Labute approximate surface area is 138 Å². The highest BCUT2D eigenvalue weighted by molar-refractivity contribution is 5.92. The number of aryl methyl sites for hydroxylation is 1. The maximum Gasteiger partial charge on any atom is 0.410 e. The van der Waals surface area contributed by atoms with Crippen LogP contribution in [-0.2, 0) is 11.8 Å². The number of nitro groups is 1. The Morgan fingerprint density at radius 1 is 1.42 bits per heavy atom. The molecule has 1 aromatic heterocycles. The molecule has 1 saturated heterocycles. The Kier molecular flexibility index (Phi) is 4.25. The van der Waals surface area contributed by atoms with Crippen LogP contribution in [0.25, 0.3) is 0 Å². The molecule has 1 aromatic rings. The van der Waals surface area contributed by atoms with Crippen LogP contribution in [0.1, 0.15) is 38.3 Å². The first-order valence-electron chi connectivity index (χ1n) is 7.38. The number of amides is 2. The number of hydrogen-bond donors (Lipinski definition) is 1. The normalized spacial score (nSPS) is 16.3. The van der Waals surface area contributed by atoms with E-state index in [1.165, 1.54) is 22.7 Å². The topological polar surface area (TPSA) is 120 Å². The van der Waals surface area contributed by atoms with E-state index in [9.17, 15) is 19.7 Å². The SMILES string of the molecule is Cn1cc([N+](=O)[O-])nc1C(=O)NC1(C)CN(C(=O)OC(C)(C)C)C1. The number of ether oxygens (including phenoxy) is 1. The van der Waals surface area contributed by atoms with Gasteiger partial charge >= 0.3 is 23.6 Å². The predicted octanol–water partition coefficient (Wildman–Crippen LogP) is 1.07. The van der Waals surface area contributed by atoms with Crippen LogP contribution >= 0.6 is 0 Å². The van der Waals surface area contributed by atoms with Crippen molar-refractivity contribution in [2.75, 3.05) is 13.1 Å². The standard InChI is InChI=1S/C14H21N5O5/c1-13(2,3)24-12(21)18-7-14(4,8-18)16-11(20)10-15-9(19(22)23)6-17(10)5/h6H,7-8H2,1-5H3,(H,16,20). The summed E-state index contributed by atoms with van der Waals surface area (Å²) in [5, 5.41) is 13.5. The molecule has 0 aliphatic carbocycles. The van der Waals surface area contributed by atoms with Crippen molar-refractivity contribution in [1.82, 2.24) is 19.8 Å². The third-order valence-electron chi connectivity index (χ3n) is 3.40. The minimum atomic E-state index is -0.661. The molecule has 2 amide bonds. The summed E-state index contributed by atoms with van der Waals surface area (Å²) in [5.74, 6) is -0.979. The van der Waals surface area contributed by atoms with Crippen LogP contribution in [-0.4, -0.2) is 55.6 Å². The molecule has 0 saturated carbocycles. The van der Waals surface area contributed by atoms with Gasteiger partial charge in [-0.05, 0) is 37.6 Å². The second kappa shape index (κ2) is 5.77. The molecule has 0 aromatic carbocycles. The van der Waals surface area contributed by atoms with Gasteiger partial charge in [-0.1, -0.05) is 0 Å². The van der Waals surface area contributed by atoms with E-state index in [0.717, 1.165) is 0 Å². The van der Waals surface area contributed by atoms with Gasteiger partial charge in [0.1, 0.15) is 11.8 Å². The van der Waals surface area contributed by atoms with E-state index in [2.05, 4.69) is 10.3 Å². The van der Waals surface area contributed by atoms with Crippen LogP contribution in [0.5, 0.6) is 0 Å². The van der Waals surface area contributed by atoms with E-state index in [-0.39, 0.29) is 5.82 Å². The Bertz CT molecular complexity index is 684. The minimum absolute atomic E-state index is 0.0568. The summed E-state index contributed by atoms with van der Waals surface area (Å²) >= 11 is 0. The van der Waals surface area contributed by atoms with Crippen molar-refractivity contribution >= 4 is 17.8 Å². The highest BCUT2D eigenvalue weighted by atomic mass is 16.6. The Balaban J connectivity index is 1.96. The van der Waals surface area contributed by atoms with Crippen molar-refractivity contribution in [2.45, 2.75) is 38.8 Å². The van der Waals surface area contributed by atoms with E-state index < -0.39 is 33.9 Å². The lowest BCUT2D eigenvalue weighted by Gasteiger charge is -2.47. The molecule has 1 aliphatic rings. The molecule has 0 spiro atoms. The third kappa shape index (κ3) is 3.81. The average Bonchev–Trinajstić information content (AvgIpc) is 2.76. The monoisotopic (exact) mass is 339 g/mol. The summed E-state index contributed by atoms with van der Waals surface area (Å²) in [5.41, 5.74) is -1.22.